The molecule has 0 aromatic rings. The molecule has 100 valence electrons. The van der Waals surface area contributed by atoms with E-state index in [4.69, 9.17) is 4.74 Å². The molecule has 1 saturated heterocycles. The summed E-state index contributed by atoms with van der Waals surface area (Å²) < 4.78 is 18.9. The smallest absolute Gasteiger partial charge is 0.309 e. The van der Waals surface area contributed by atoms with E-state index < -0.39 is 6.17 Å². The Balaban J connectivity index is 2.62. The highest BCUT2D eigenvalue weighted by molar-refractivity contribution is 5.72. The highest BCUT2D eigenvalue weighted by atomic mass is 19.1. The van der Waals surface area contributed by atoms with Gasteiger partial charge in [-0.3, -0.25) is 4.79 Å². The summed E-state index contributed by atoms with van der Waals surface area (Å²) in [6.07, 6.45) is 0.393. The first kappa shape index (κ1) is 14.4. The molecule has 0 aromatic carbocycles. The summed E-state index contributed by atoms with van der Waals surface area (Å²) in [5.41, 5.74) is 0. The fourth-order valence-electron chi connectivity index (χ4n) is 2.35. The van der Waals surface area contributed by atoms with Gasteiger partial charge in [-0.05, 0) is 39.9 Å². The standard InChI is InChI=1S/C12H23FN2O2/c1-3-17-12(16)10(4-6-14-2)9-5-7-15-8-11(9)13/h9-11,14-15H,3-8H2,1-2H3. The molecule has 1 rings (SSSR count). The van der Waals surface area contributed by atoms with Gasteiger partial charge >= 0.3 is 5.97 Å². The summed E-state index contributed by atoms with van der Waals surface area (Å²) in [6.45, 7) is 3.97. The Labute approximate surface area is 102 Å². The molecule has 1 heterocycles. The van der Waals surface area contributed by atoms with Crippen LogP contribution in [-0.2, 0) is 9.53 Å². The predicted octanol–water partition coefficient (Wildman–Crippen LogP) is 0.723. The zero-order valence-electron chi connectivity index (χ0n) is 10.7. The number of nitrogens with one attached hydrogen (secondary N) is 2. The third-order valence-corrected chi connectivity index (χ3v) is 3.27. The molecule has 1 fully saturated rings. The highest BCUT2D eigenvalue weighted by Gasteiger charge is 2.36. The van der Waals surface area contributed by atoms with Crippen molar-refractivity contribution in [2.24, 2.45) is 11.8 Å². The van der Waals surface area contributed by atoms with Gasteiger partial charge in [0.2, 0.25) is 0 Å². The summed E-state index contributed by atoms with van der Waals surface area (Å²) in [5, 5.41) is 6.01. The maximum absolute atomic E-state index is 13.8. The van der Waals surface area contributed by atoms with E-state index >= 15 is 0 Å². The number of hydrogen-bond donors (Lipinski definition) is 2. The molecule has 0 bridgehead atoms. The Hall–Kier alpha value is -0.680. The molecule has 0 aromatic heterocycles. The first-order valence-electron chi connectivity index (χ1n) is 6.36. The fraction of sp³-hybridized carbons (Fsp3) is 0.917. The van der Waals surface area contributed by atoms with Crippen LogP contribution < -0.4 is 10.6 Å². The molecule has 0 aliphatic carbocycles. The molecule has 3 atom stereocenters. The van der Waals surface area contributed by atoms with Crippen molar-refractivity contribution in [1.82, 2.24) is 10.6 Å². The van der Waals surface area contributed by atoms with Crippen LogP contribution in [-0.4, -0.2) is 45.4 Å². The third-order valence-electron chi connectivity index (χ3n) is 3.27. The molecular weight excluding hydrogens is 223 g/mol. The van der Waals surface area contributed by atoms with Crippen molar-refractivity contribution in [3.63, 3.8) is 0 Å². The number of esters is 1. The summed E-state index contributed by atoms with van der Waals surface area (Å²) >= 11 is 0. The molecule has 5 heteroatoms. The van der Waals surface area contributed by atoms with Crippen molar-refractivity contribution in [3.05, 3.63) is 0 Å². The van der Waals surface area contributed by atoms with E-state index in [1.807, 2.05) is 7.05 Å². The topological polar surface area (TPSA) is 50.4 Å². The van der Waals surface area contributed by atoms with Gasteiger partial charge in [0.25, 0.3) is 0 Å². The number of ether oxygens (including phenoxy) is 1. The Bertz CT molecular complexity index is 239. The minimum absolute atomic E-state index is 0.205. The second-order valence-electron chi connectivity index (χ2n) is 4.42. The Kier molecular flexibility index (Phi) is 6.44. The van der Waals surface area contributed by atoms with E-state index in [1.165, 1.54) is 0 Å². The van der Waals surface area contributed by atoms with E-state index in [1.54, 1.807) is 6.92 Å². The van der Waals surface area contributed by atoms with Crippen LogP contribution in [0.5, 0.6) is 0 Å². The number of carbonyl (C=O) groups excluding carboxylic acids is 1. The van der Waals surface area contributed by atoms with Crippen molar-refractivity contribution >= 4 is 5.97 Å². The van der Waals surface area contributed by atoms with Gasteiger partial charge in [-0.1, -0.05) is 0 Å². The molecule has 1 aliphatic heterocycles. The monoisotopic (exact) mass is 246 g/mol. The highest BCUT2D eigenvalue weighted by Crippen LogP contribution is 2.28. The van der Waals surface area contributed by atoms with Gasteiger partial charge in [0.15, 0.2) is 0 Å². The van der Waals surface area contributed by atoms with Gasteiger partial charge < -0.3 is 15.4 Å². The zero-order valence-corrected chi connectivity index (χ0v) is 10.7. The normalized spacial score (nSPS) is 26.5. The van der Waals surface area contributed by atoms with Crippen molar-refractivity contribution in [2.45, 2.75) is 25.9 Å². The molecule has 3 unspecified atom stereocenters. The number of piperidine rings is 1. The first-order chi connectivity index (χ1) is 8.20. The summed E-state index contributed by atoms with van der Waals surface area (Å²) in [7, 11) is 1.83. The van der Waals surface area contributed by atoms with E-state index in [2.05, 4.69) is 10.6 Å². The molecule has 0 radical (unpaired) electrons. The van der Waals surface area contributed by atoms with Gasteiger partial charge in [-0.25, -0.2) is 4.39 Å². The van der Waals surface area contributed by atoms with Gasteiger partial charge in [0.1, 0.15) is 6.17 Å². The molecule has 4 nitrogen and oxygen atoms in total. The summed E-state index contributed by atoms with van der Waals surface area (Å²) in [6, 6.07) is 0. The van der Waals surface area contributed by atoms with Crippen LogP contribution in [0.1, 0.15) is 19.8 Å². The van der Waals surface area contributed by atoms with Crippen molar-refractivity contribution in [3.8, 4) is 0 Å². The molecule has 0 spiro atoms. The van der Waals surface area contributed by atoms with Crippen LogP contribution >= 0.6 is 0 Å². The first-order valence-corrected chi connectivity index (χ1v) is 6.36. The van der Waals surface area contributed by atoms with E-state index in [0.717, 1.165) is 6.54 Å². The Morgan fingerprint density at radius 2 is 2.41 bits per heavy atom. The number of rotatable bonds is 6. The van der Waals surface area contributed by atoms with E-state index in [9.17, 15) is 9.18 Å². The Morgan fingerprint density at radius 3 is 3.00 bits per heavy atom. The number of alkyl halides is 1. The minimum Gasteiger partial charge on any atom is -0.466 e. The van der Waals surface area contributed by atoms with Crippen molar-refractivity contribution < 1.29 is 13.9 Å². The molecule has 1 aliphatic rings. The molecule has 2 N–H and O–H groups in total. The lowest BCUT2D eigenvalue weighted by Gasteiger charge is -2.32. The molecule has 0 amide bonds. The second kappa shape index (κ2) is 7.61. The largest absolute Gasteiger partial charge is 0.466 e. The quantitative estimate of drug-likeness (QED) is 0.678. The van der Waals surface area contributed by atoms with Crippen LogP contribution in [0.25, 0.3) is 0 Å². The minimum atomic E-state index is -0.949. The average molecular weight is 246 g/mol. The zero-order chi connectivity index (χ0) is 12.7. The van der Waals surface area contributed by atoms with Crippen molar-refractivity contribution in [2.75, 3.05) is 33.3 Å². The van der Waals surface area contributed by atoms with E-state index in [0.29, 0.717) is 32.5 Å². The van der Waals surface area contributed by atoms with Gasteiger partial charge in [-0.15, -0.1) is 0 Å². The van der Waals surface area contributed by atoms with Gasteiger partial charge in [0.05, 0.1) is 12.5 Å². The number of halogens is 1. The second-order valence-corrected chi connectivity index (χ2v) is 4.42. The van der Waals surface area contributed by atoms with Crippen LogP contribution in [0.2, 0.25) is 0 Å². The molecule has 17 heavy (non-hydrogen) atoms. The van der Waals surface area contributed by atoms with Crippen LogP contribution in [0.3, 0.4) is 0 Å². The van der Waals surface area contributed by atoms with Crippen molar-refractivity contribution in [1.29, 1.82) is 0 Å². The summed E-state index contributed by atoms with van der Waals surface area (Å²) in [5.74, 6) is -0.777. The number of carbonyl (C=O) groups is 1. The third kappa shape index (κ3) is 4.24. The fourth-order valence-corrected chi connectivity index (χ4v) is 2.35. The molecule has 0 saturated carbocycles. The lowest BCUT2D eigenvalue weighted by Crippen LogP contribution is -2.44. The van der Waals surface area contributed by atoms with Crippen LogP contribution in [0.4, 0.5) is 4.39 Å². The average Bonchev–Trinajstić information content (AvgIpc) is 2.32. The Morgan fingerprint density at radius 1 is 1.65 bits per heavy atom. The van der Waals surface area contributed by atoms with Gasteiger partial charge in [0, 0.05) is 12.5 Å². The maximum Gasteiger partial charge on any atom is 0.309 e. The maximum atomic E-state index is 13.8. The predicted molar refractivity (Wildman–Crippen MR) is 64.5 cm³/mol. The van der Waals surface area contributed by atoms with E-state index in [-0.39, 0.29) is 17.8 Å². The lowest BCUT2D eigenvalue weighted by molar-refractivity contribution is -0.151. The van der Waals surface area contributed by atoms with Crippen LogP contribution in [0.15, 0.2) is 0 Å². The lowest BCUT2D eigenvalue weighted by atomic mass is 9.81. The summed E-state index contributed by atoms with van der Waals surface area (Å²) in [4.78, 5) is 11.9. The van der Waals surface area contributed by atoms with Gasteiger partial charge in [-0.2, -0.15) is 0 Å². The molecular formula is C12H23FN2O2. The SMILES string of the molecule is CCOC(=O)C(CCNC)C1CCNCC1F. The number of hydrogen-bond acceptors (Lipinski definition) is 4. The van der Waals surface area contributed by atoms with Crippen LogP contribution in [0, 0.1) is 11.8 Å².